The minimum Gasteiger partial charge on any atom is -0.478 e. The van der Waals surface area contributed by atoms with E-state index in [-0.39, 0.29) is 24.0 Å². The minimum absolute atomic E-state index is 0.0560. The molecular weight excluding hydrogens is 311 g/mol. The summed E-state index contributed by atoms with van der Waals surface area (Å²) in [4.78, 5) is 11.2. The summed E-state index contributed by atoms with van der Waals surface area (Å²) in [7, 11) is 0. The first-order valence-electron chi connectivity index (χ1n) is 6.52. The zero-order valence-electron chi connectivity index (χ0n) is 11.5. The van der Waals surface area contributed by atoms with E-state index in [9.17, 15) is 9.18 Å². The third-order valence-electron chi connectivity index (χ3n) is 2.83. The maximum absolute atomic E-state index is 13.3. The first-order chi connectivity index (χ1) is 10.6. The van der Waals surface area contributed by atoms with Crippen LogP contribution >= 0.6 is 11.6 Å². The fourth-order valence-electron chi connectivity index (χ4n) is 1.73. The number of hydrogen-bond donors (Lipinski definition) is 1. The Bertz CT molecular complexity index is 633. The van der Waals surface area contributed by atoms with Gasteiger partial charge in [-0.15, -0.1) is 0 Å². The van der Waals surface area contributed by atoms with Gasteiger partial charge in [0.2, 0.25) is 6.10 Å². The molecule has 0 saturated heterocycles. The van der Waals surface area contributed by atoms with Crippen molar-refractivity contribution >= 4 is 17.6 Å². The van der Waals surface area contributed by atoms with Crippen LogP contribution in [0.3, 0.4) is 0 Å². The Balaban J connectivity index is 1.92. The van der Waals surface area contributed by atoms with Gasteiger partial charge < -0.3 is 14.6 Å². The van der Waals surface area contributed by atoms with Crippen molar-refractivity contribution in [3.8, 4) is 5.75 Å². The summed E-state index contributed by atoms with van der Waals surface area (Å²) in [6.07, 6.45) is -1.23. The molecule has 2 rings (SSSR count). The van der Waals surface area contributed by atoms with Crippen molar-refractivity contribution in [1.82, 2.24) is 0 Å². The largest absolute Gasteiger partial charge is 0.478 e. The number of rotatable bonds is 7. The summed E-state index contributed by atoms with van der Waals surface area (Å²) in [5, 5.41) is 9.07. The SMILES string of the molecule is O=C(O)C(COCc1ccccc1)Oc1ccc(Cl)c(F)c1. The molecule has 1 atom stereocenters. The lowest BCUT2D eigenvalue weighted by atomic mass is 10.2. The van der Waals surface area contributed by atoms with Gasteiger partial charge in [-0.2, -0.15) is 0 Å². The molecule has 22 heavy (non-hydrogen) atoms. The lowest BCUT2D eigenvalue weighted by Gasteiger charge is -2.15. The number of halogens is 2. The topological polar surface area (TPSA) is 55.8 Å². The highest BCUT2D eigenvalue weighted by Gasteiger charge is 2.20. The van der Waals surface area contributed by atoms with E-state index in [0.717, 1.165) is 11.6 Å². The average molecular weight is 325 g/mol. The zero-order chi connectivity index (χ0) is 15.9. The van der Waals surface area contributed by atoms with Crippen LogP contribution < -0.4 is 4.74 Å². The second kappa shape index (κ2) is 7.77. The van der Waals surface area contributed by atoms with Crippen LogP contribution in [0.2, 0.25) is 5.02 Å². The lowest BCUT2D eigenvalue weighted by molar-refractivity contribution is -0.148. The van der Waals surface area contributed by atoms with Gasteiger partial charge in [0.1, 0.15) is 11.6 Å². The molecule has 0 bridgehead atoms. The maximum Gasteiger partial charge on any atom is 0.347 e. The number of carbonyl (C=O) groups is 1. The van der Waals surface area contributed by atoms with Crippen LogP contribution in [0.15, 0.2) is 48.5 Å². The Morgan fingerprint density at radius 1 is 1.23 bits per heavy atom. The van der Waals surface area contributed by atoms with Crippen LogP contribution in [0.4, 0.5) is 4.39 Å². The van der Waals surface area contributed by atoms with Gasteiger partial charge in [0.25, 0.3) is 0 Å². The van der Waals surface area contributed by atoms with Crippen molar-refractivity contribution in [2.24, 2.45) is 0 Å². The monoisotopic (exact) mass is 324 g/mol. The molecule has 0 heterocycles. The molecule has 6 heteroatoms. The van der Waals surface area contributed by atoms with Crippen molar-refractivity contribution in [1.29, 1.82) is 0 Å². The van der Waals surface area contributed by atoms with Gasteiger partial charge in [-0.05, 0) is 17.7 Å². The van der Waals surface area contributed by atoms with E-state index in [1.165, 1.54) is 12.1 Å². The minimum atomic E-state index is -1.23. The van der Waals surface area contributed by atoms with Crippen LogP contribution in [0.25, 0.3) is 0 Å². The summed E-state index contributed by atoms with van der Waals surface area (Å²) in [6, 6.07) is 13.1. The Morgan fingerprint density at radius 2 is 1.95 bits per heavy atom. The normalized spacial score (nSPS) is 11.9. The fraction of sp³-hybridized carbons (Fsp3) is 0.188. The molecule has 0 amide bonds. The van der Waals surface area contributed by atoms with Gasteiger partial charge in [-0.1, -0.05) is 41.9 Å². The van der Waals surface area contributed by atoms with Crippen molar-refractivity contribution in [3.05, 3.63) is 64.9 Å². The Morgan fingerprint density at radius 3 is 2.59 bits per heavy atom. The van der Waals surface area contributed by atoms with Crippen LogP contribution in [0.1, 0.15) is 5.56 Å². The number of aliphatic carboxylic acids is 1. The number of benzene rings is 2. The lowest BCUT2D eigenvalue weighted by Crippen LogP contribution is -2.32. The summed E-state index contributed by atoms with van der Waals surface area (Å²) >= 11 is 5.56. The van der Waals surface area contributed by atoms with Gasteiger partial charge in [0.15, 0.2) is 0 Å². The first-order valence-corrected chi connectivity index (χ1v) is 6.90. The second-order valence-corrected chi connectivity index (χ2v) is 4.93. The van der Waals surface area contributed by atoms with E-state index in [1.807, 2.05) is 30.3 Å². The summed E-state index contributed by atoms with van der Waals surface area (Å²) in [5.41, 5.74) is 0.921. The molecule has 2 aromatic rings. The maximum atomic E-state index is 13.3. The predicted molar refractivity (Wildman–Crippen MR) is 79.6 cm³/mol. The number of ether oxygens (including phenoxy) is 2. The number of carboxylic acids is 1. The number of carboxylic acid groups (broad SMARTS) is 1. The molecule has 0 fully saturated rings. The van der Waals surface area contributed by atoms with Crippen molar-refractivity contribution in [2.45, 2.75) is 12.7 Å². The molecule has 0 spiro atoms. The van der Waals surface area contributed by atoms with Gasteiger partial charge in [-0.25, -0.2) is 9.18 Å². The van der Waals surface area contributed by atoms with Crippen LogP contribution in [0, 0.1) is 5.82 Å². The van der Waals surface area contributed by atoms with Crippen LogP contribution in [0.5, 0.6) is 5.75 Å². The standard InChI is InChI=1S/C16H14ClFO4/c17-13-7-6-12(8-14(13)18)22-15(16(19)20)10-21-9-11-4-2-1-3-5-11/h1-8,15H,9-10H2,(H,19,20). The molecule has 116 valence electrons. The van der Waals surface area contributed by atoms with Gasteiger partial charge in [-0.3, -0.25) is 0 Å². The quantitative estimate of drug-likeness (QED) is 0.846. The molecule has 0 saturated carbocycles. The second-order valence-electron chi connectivity index (χ2n) is 4.52. The molecule has 0 aliphatic heterocycles. The predicted octanol–water partition coefficient (Wildman–Crippen LogP) is 3.53. The third kappa shape index (κ3) is 4.72. The summed E-state index contributed by atoms with van der Waals surface area (Å²) < 4.78 is 23.9. The van der Waals surface area contributed by atoms with Gasteiger partial charge in [0, 0.05) is 6.07 Å². The molecule has 0 aromatic heterocycles. The molecule has 0 radical (unpaired) electrons. The van der Waals surface area contributed by atoms with Crippen LogP contribution in [-0.4, -0.2) is 23.8 Å². The third-order valence-corrected chi connectivity index (χ3v) is 3.13. The molecular formula is C16H14ClFO4. The molecule has 1 unspecified atom stereocenters. The summed E-state index contributed by atoms with van der Waals surface area (Å²) in [5.74, 6) is -1.78. The zero-order valence-corrected chi connectivity index (χ0v) is 12.3. The number of hydrogen-bond acceptors (Lipinski definition) is 3. The Kier molecular flexibility index (Phi) is 5.75. The molecule has 0 aliphatic carbocycles. The highest BCUT2D eigenvalue weighted by atomic mass is 35.5. The first kappa shape index (κ1) is 16.3. The van der Waals surface area contributed by atoms with Gasteiger partial charge >= 0.3 is 5.97 Å². The highest BCUT2D eigenvalue weighted by molar-refractivity contribution is 6.30. The molecule has 0 aliphatic rings. The van der Waals surface area contributed by atoms with E-state index in [4.69, 9.17) is 26.2 Å². The average Bonchev–Trinajstić information content (AvgIpc) is 2.51. The smallest absolute Gasteiger partial charge is 0.347 e. The van der Waals surface area contributed by atoms with Crippen molar-refractivity contribution in [2.75, 3.05) is 6.61 Å². The van der Waals surface area contributed by atoms with Crippen LogP contribution in [-0.2, 0) is 16.1 Å². The van der Waals surface area contributed by atoms with E-state index < -0.39 is 17.9 Å². The van der Waals surface area contributed by atoms with Crippen molar-refractivity contribution < 1.29 is 23.8 Å². The molecule has 1 N–H and O–H groups in total. The van der Waals surface area contributed by atoms with Gasteiger partial charge in [0.05, 0.1) is 18.2 Å². The van der Waals surface area contributed by atoms with E-state index in [0.29, 0.717) is 0 Å². The van der Waals surface area contributed by atoms with E-state index >= 15 is 0 Å². The van der Waals surface area contributed by atoms with Crippen molar-refractivity contribution in [3.63, 3.8) is 0 Å². The Hall–Kier alpha value is -2.11. The molecule has 2 aromatic carbocycles. The Labute approximate surface area is 132 Å². The van der Waals surface area contributed by atoms with E-state index in [2.05, 4.69) is 0 Å². The summed E-state index contributed by atoms with van der Waals surface area (Å²) in [6.45, 7) is 0.109. The van der Waals surface area contributed by atoms with E-state index in [1.54, 1.807) is 0 Å². The highest BCUT2D eigenvalue weighted by Crippen LogP contribution is 2.21. The fourth-order valence-corrected chi connectivity index (χ4v) is 1.85. The molecule has 4 nitrogen and oxygen atoms in total.